The van der Waals surface area contributed by atoms with Gasteiger partial charge in [0.15, 0.2) is 0 Å². The molecule has 0 aliphatic rings. The average Bonchev–Trinajstić information content (AvgIpc) is 1.90. The Labute approximate surface area is 71.4 Å². The van der Waals surface area contributed by atoms with E-state index < -0.39 is 0 Å². The Bertz CT molecular complexity index is 98.3. The Balaban J connectivity index is 4.54. The molecule has 0 spiro atoms. The van der Waals surface area contributed by atoms with Gasteiger partial charge in [-0.05, 0) is 38.5 Å². The SMILES string of the molecule is CCC(CC)(CC)C(C)(C)N. The first-order chi connectivity index (χ1) is 4.93. The molecule has 68 valence electrons. The van der Waals surface area contributed by atoms with E-state index in [0.717, 1.165) is 0 Å². The predicted molar refractivity (Wildman–Crippen MR) is 51.6 cm³/mol. The first kappa shape index (κ1) is 11.0. The van der Waals surface area contributed by atoms with Gasteiger partial charge in [0.05, 0.1) is 0 Å². The maximum absolute atomic E-state index is 6.15. The van der Waals surface area contributed by atoms with E-state index in [1.54, 1.807) is 0 Å². The van der Waals surface area contributed by atoms with Crippen LogP contribution in [0.3, 0.4) is 0 Å². The van der Waals surface area contributed by atoms with Crippen LogP contribution < -0.4 is 5.73 Å². The minimum absolute atomic E-state index is 0.0365. The van der Waals surface area contributed by atoms with Crippen molar-refractivity contribution in [1.29, 1.82) is 0 Å². The second kappa shape index (κ2) is 3.57. The maximum Gasteiger partial charge on any atom is 0.0153 e. The highest BCUT2D eigenvalue weighted by Gasteiger charge is 2.37. The molecule has 0 saturated carbocycles. The molecule has 0 radical (unpaired) electrons. The molecule has 0 aromatic carbocycles. The minimum Gasteiger partial charge on any atom is -0.325 e. The second-order valence-corrected chi connectivity index (χ2v) is 4.06. The van der Waals surface area contributed by atoms with Crippen LogP contribution in [0.1, 0.15) is 53.9 Å². The van der Waals surface area contributed by atoms with E-state index in [9.17, 15) is 0 Å². The van der Waals surface area contributed by atoms with Gasteiger partial charge in [-0.15, -0.1) is 0 Å². The summed E-state index contributed by atoms with van der Waals surface area (Å²) in [4.78, 5) is 0. The van der Waals surface area contributed by atoms with Gasteiger partial charge in [0.25, 0.3) is 0 Å². The Morgan fingerprint density at radius 1 is 0.909 bits per heavy atom. The lowest BCUT2D eigenvalue weighted by Crippen LogP contribution is -2.49. The van der Waals surface area contributed by atoms with Crippen LogP contribution in [0.25, 0.3) is 0 Å². The smallest absolute Gasteiger partial charge is 0.0153 e. The summed E-state index contributed by atoms with van der Waals surface area (Å²) in [5.41, 5.74) is 6.45. The fraction of sp³-hybridized carbons (Fsp3) is 1.00. The number of nitrogens with two attached hydrogens (primary N) is 1. The molecular weight excluding hydrogens is 134 g/mol. The summed E-state index contributed by atoms with van der Waals surface area (Å²) in [6, 6.07) is 0. The molecule has 0 unspecified atom stereocenters. The van der Waals surface area contributed by atoms with E-state index in [4.69, 9.17) is 5.73 Å². The minimum atomic E-state index is -0.0365. The average molecular weight is 157 g/mol. The maximum atomic E-state index is 6.15. The van der Waals surface area contributed by atoms with E-state index in [-0.39, 0.29) is 5.54 Å². The zero-order valence-electron chi connectivity index (χ0n) is 8.70. The highest BCUT2D eigenvalue weighted by atomic mass is 14.8. The molecule has 0 heterocycles. The monoisotopic (exact) mass is 157 g/mol. The summed E-state index contributed by atoms with van der Waals surface area (Å²) in [5.74, 6) is 0. The van der Waals surface area contributed by atoms with Crippen molar-refractivity contribution in [2.45, 2.75) is 59.4 Å². The van der Waals surface area contributed by atoms with Crippen LogP contribution in [-0.2, 0) is 0 Å². The van der Waals surface area contributed by atoms with Gasteiger partial charge < -0.3 is 5.73 Å². The standard InChI is InChI=1S/C10H23N/c1-6-10(7-2,8-3)9(4,5)11/h6-8,11H2,1-5H3. The molecule has 1 nitrogen and oxygen atoms in total. The van der Waals surface area contributed by atoms with Crippen LogP contribution in [0.15, 0.2) is 0 Å². The van der Waals surface area contributed by atoms with Gasteiger partial charge in [-0.3, -0.25) is 0 Å². The Morgan fingerprint density at radius 2 is 1.18 bits per heavy atom. The van der Waals surface area contributed by atoms with E-state index in [2.05, 4.69) is 34.6 Å². The Morgan fingerprint density at radius 3 is 1.18 bits per heavy atom. The lowest BCUT2D eigenvalue weighted by atomic mass is 9.66. The number of hydrogen-bond acceptors (Lipinski definition) is 1. The van der Waals surface area contributed by atoms with Gasteiger partial charge in [-0.2, -0.15) is 0 Å². The predicted octanol–water partition coefficient (Wildman–Crippen LogP) is 2.94. The highest BCUT2D eigenvalue weighted by molar-refractivity contribution is 4.93. The summed E-state index contributed by atoms with van der Waals surface area (Å²) in [6.07, 6.45) is 3.55. The zero-order valence-corrected chi connectivity index (χ0v) is 8.70. The molecule has 0 aliphatic carbocycles. The quantitative estimate of drug-likeness (QED) is 0.667. The van der Waals surface area contributed by atoms with Crippen LogP contribution in [0.2, 0.25) is 0 Å². The molecule has 0 bridgehead atoms. The lowest BCUT2D eigenvalue weighted by molar-refractivity contribution is 0.128. The summed E-state index contributed by atoms with van der Waals surface area (Å²) >= 11 is 0. The van der Waals surface area contributed by atoms with Gasteiger partial charge in [0.2, 0.25) is 0 Å². The van der Waals surface area contributed by atoms with Crippen LogP contribution in [0, 0.1) is 5.41 Å². The molecule has 0 fully saturated rings. The highest BCUT2D eigenvalue weighted by Crippen LogP contribution is 2.39. The molecule has 0 atom stereocenters. The van der Waals surface area contributed by atoms with Crippen LogP contribution >= 0.6 is 0 Å². The number of rotatable bonds is 4. The number of hydrogen-bond donors (Lipinski definition) is 1. The lowest BCUT2D eigenvalue weighted by Gasteiger charge is -2.43. The topological polar surface area (TPSA) is 26.0 Å². The third-order valence-corrected chi connectivity index (χ3v) is 3.40. The largest absolute Gasteiger partial charge is 0.325 e. The third kappa shape index (κ3) is 1.96. The zero-order chi connectivity index (χ0) is 9.12. The van der Waals surface area contributed by atoms with E-state index in [0.29, 0.717) is 5.41 Å². The van der Waals surface area contributed by atoms with Crippen LogP contribution in [0.5, 0.6) is 0 Å². The Kier molecular flexibility index (Phi) is 3.56. The van der Waals surface area contributed by atoms with Crippen molar-refractivity contribution in [3.05, 3.63) is 0 Å². The van der Waals surface area contributed by atoms with Gasteiger partial charge >= 0.3 is 0 Å². The van der Waals surface area contributed by atoms with Gasteiger partial charge in [0.1, 0.15) is 0 Å². The Hall–Kier alpha value is -0.0400. The molecule has 0 aliphatic heterocycles. The van der Waals surface area contributed by atoms with Crippen molar-refractivity contribution in [2.24, 2.45) is 11.1 Å². The van der Waals surface area contributed by atoms with E-state index in [1.165, 1.54) is 19.3 Å². The molecule has 0 amide bonds. The first-order valence-electron chi connectivity index (χ1n) is 4.72. The molecule has 0 aromatic rings. The van der Waals surface area contributed by atoms with Crippen molar-refractivity contribution in [3.63, 3.8) is 0 Å². The van der Waals surface area contributed by atoms with Crippen molar-refractivity contribution >= 4 is 0 Å². The molecular formula is C10H23N. The summed E-state index contributed by atoms with van der Waals surface area (Å²) in [7, 11) is 0. The van der Waals surface area contributed by atoms with E-state index in [1.807, 2.05) is 0 Å². The van der Waals surface area contributed by atoms with Crippen molar-refractivity contribution in [3.8, 4) is 0 Å². The molecule has 11 heavy (non-hydrogen) atoms. The van der Waals surface area contributed by atoms with Gasteiger partial charge in [-0.1, -0.05) is 20.8 Å². The first-order valence-corrected chi connectivity index (χ1v) is 4.72. The van der Waals surface area contributed by atoms with Gasteiger partial charge in [0, 0.05) is 5.54 Å². The molecule has 2 N–H and O–H groups in total. The fourth-order valence-corrected chi connectivity index (χ4v) is 2.12. The van der Waals surface area contributed by atoms with E-state index >= 15 is 0 Å². The molecule has 1 heteroatoms. The normalized spacial score (nSPS) is 13.6. The van der Waals surface area contributed by atoms with Crippen molar-refractivity contribution in [2.75, 3.05) is 0 Å². The summed E-state index contributed by atoms with van der Waals surface area (Å²) < 4.78 is 0. The molecule has 0 aromatic heterocycles. The third-order valence-electron chi connectivity index (χ3n) is 3.40. The fourth-order valence-electron chi connectivity index (χ4n) is 2.12. The van der Waals surface area contributed by atoms with Crippen LogP contribution in [-0.4, -0.2) is 5.54 Å². The summed E-state index contributed by atoms with van der Waals surface area (Å²) in [6.45, 7) is 11.0. The van der Waals surface area contributed by atoms with Crippen molar-refractivity contribution in [1.82, 2.24) is 0 Å². The van der Waals surface area contributed by atoms with Crippen LogP contribution in [0.4, 0.5) is 0 Å². The summed E-state index contributed by atoms with van der Waals surface area (Å²) in [5, 5.41) is 0. The second-order valence-electron chi connectivity index (χ2n) is 4.06. The van der Waals surface area contributed by atoms with Crippen molar-refractivity contribution < 1.29 is 0 Å². The molecule has 0 rings (SSSR count). The molecule has 0 saturated heterocycles. The van der Waals surface area contributed by atoms with Gasteiger partial charge in [-0.25, -0.2) is 0 Å².